The number of aryl methyl sites for hydroxylation is 1. The van der Waals surface area contributed by atoms with Gasteiger partial charge in [-0.15, -0.1) is 0 Å². The Morgan fingerprint density at radius 3 is 2.50 bits per heavy atom. The molecule has 1 aliphatic carbocycles. The van der Waals surface area contributed by atoms with E-state index in [1.54, 1.807) is 6.26 Å². The minimum atomic E-state index is -0.375. The van der Waals surface area contributed by atoms with Crippen LogP contribution in [0.2, 0.25) is 0 Å². The fourth-order valence-corrected chi connectivity index (χ4v) is 6.37. The molecule has 6 aromatic rings. The van der Waals surface area contributed by atoms with Gasteiger partial charge in [0.25, 0.3) is 0 Å². The molecule has 2 heterocycles. The van der Waals surface area contributed by atoms with E-state index in [0.29, 0.717) is 12.3 Å². The standard InChI is InChI=1S/C34H27NO3/c1-2-38-34(36)33-25-10-6-4-8-22(25)19-31(35-33)30-16-14-28-27-12-11-21-7-3-5-9-24(21)26(27)13-15-29(28)32(30)23-17-18-37-20-23/h3-13,15,17-20,30,32H,2,14,16H2,1H3. The summed E-state index contributed by atoms with van der Waals surface area (Å²) in [5.41, 5.74) is 5.13. The number of esters is 1. The Labute approximate surface area is 220 Å². The van der Waals surface area contributed by atoms with Crippen LogP contribution < -0.4 is 0 Å². The van der Waals surface area contributed by atoms with E-state index in [1.807, 2.05) is 37.5 Å². The SMILES string of the molecule is CCOC(=O)c1nc(C2CCc3c(ccc4c3ccc3ccccc34)C2c2ccoc2)cc2ccccc12. The normalized spacial score (nSPS) is 17.1. The maximum atomic E-state index is 13.0. The number of hydrogen-bond donors (Lipinski definition) is 0. The molecule has 4 aromatic carbocycles. The molecule has 0 saturated heterocycles. The average molecular weight is 498 g/mol. The van der Waals surface area contributed by atoms with Crippen LogP contribution >= 0.6 is 0 Å². The smallest absolute Gasteiger partial charge is 0.357 e. The van der Waals surface area contributed by atoms with Gasteiger partial charge in [0.15, 0.2) is 5.69 Å². The molecule has 2 aromatic heterocycles. The topological polar surface area (TPSA) is 52.3 Å². The first-order valence-corrected chi connectivity index (χ1v) is 13.2. The van der Waals surface area contributed by atoms with Gasteiger partial charge < -0.3 is 9.15 Å². The van der Waals surface area contributed by atoms with Crippen molar-refractivity contribution < 1.29 is 13.9 Å². The number of rotatable bonds is 4. The first-order valence-electron chi connectivity index (χ1n) is 13.2. The Hall–Kier alpha value is -4.44. The molecular formula is C34H27NO3. The fourth-order valence-electron chi connectivity index (χ4n) is 6.37. The summed E-state index contributed by atoms with van der Waals surface area (Å²) in [4.78, 5) is 17.9. The van der Waals surface area contributed by atoms with Gasteiger partial charge in [-0.1, -0.05) is 72.8 Å². The van der Waals surface area contributed by atoms with E-state index in [2.05, 4.69) is 60.7 Å². The number of carbonyl (C=O) groups excluding carboxylic acids is 1. The molecule has 4 heteroatoms. The van der Waals surface area contributed by atoms with Gasteiger partial charge >= 0.3 is 5.97 Å². The zero-order valence-electron chi connectivity index (χ0n) is 21.2. The lowest BCUT2D eigenvalue weighted by molar-refractivity contribution is 0.0521. The predicted molar refractivity (Wildman–Crippen MR) is 151 cm³/mol. The van der Waals surface area contributed by atoms with Crippen molar-refractivity contribution in [2.45, 2.75) is 31.6 Å². The third-order valence-corrected chi connectivity index (χ3v) is 8.03. The molecule has 0 amide bonds. The molecule has 0 radical (unpaired) electrons. The van der Waals surface area contributed by atoms with Crippen LogP contribution in [0.4, 0.5) is 0 Å². The number of benzene rings is 4. The van der Waals surface area contributed by atoms with Crippen molar-refractivity contribution in [3.8, 4) is 0 Å². The van der Waals surface area contributed by atoms with Crippen molar-refractivity contribution in [2.75, 3.05) is 6.61 Å². The van der Waals surface area contributed by atoms with Crippen LogP contribution in [-0.2, 0) is 11.2 Å². The van der Waals surface area contributed by atoms with Gasteiger partial charge in [0.2, 0.25) is 0 Å². The van der Waals surface area contributed by atoms with Gasteiger partial charge in [-0.3, -0.25) is 0 Å². The number of furan rings is 1. The number of fused-ring (bicyclic) bond motifs is 6. The second-order valence-electron chi connectivity index (χ2n) is 10.0. The quantitative estimate of drug-likeness (QED) is 0.182. The van der Waals surface area contributed by atoms with Gasteiger partial charge in [0.05, 0.1) is 19.1 Å². The van der Waals surface area contributed by atoms with E-state index in [9.17, 15) is 4.79 Å². The Morgan fingerprint density at radius 2 is 1.68 bits per heavy atom. The van der Waals surface area contributed by atoms with Crippen molar-refractivity contribution in [1.82, 2.24) is 4.98 Å². The molecule has 1 aliphatic rings. The highest BCUT2D eigenvalue weighted by Gasteiger charge is 2.35. The summed E-state index contributed by atoms with van der Waals surface area (Å²) in [5.74, 6) is -0.215. The maximum Gasteiger partial charge on any atom is 0.357 e. The largest absolute Gasteiger partial charge is 0.472 e. The molecule has 38 heavy (non-hydrogen) atoms. The second-order valence-corrected chi connectivity index (χ2v) is 10.0. The number of hydrogen-bond acceptors (Lipinski definition) is 4. The van der Waals surface area contributed by atoms with Crippen molar-refractivity contribution in [1.29, 1.82) is 0 Å². The first kappa shape index (κ1) is 22.7. The van der Waals surface area contributed by atoms with Crippen molar-refractivity contribution in [2.24, 2.45) is 0 Å². The van der Waals surface area contributed by atoms with E-state index in [4.69, 9.17) is 14.1 Å². The molecule has 7 rings (SSSR count). The molecule has 2 unspecified atom stereocenters. The lowest BCUT2D eigenvalue weighted by atomic mass is 9.69. The van der Waals surface area contributed by atoms with Gasteiger partial charge in [0.1, 0.15) is 0 Å². The molecule has 0 saturated carbocycles. The zero-order chi connectivity index (χ0) is 25.6. The van der Waals surface area contributed by atoms with E-state index >= 15 is 0 Å². The number of aromatic nitrogens is 1. The average Bonchev–Trinajstić information content (AvgIpc) is 3.50. The molecule has 186 valence electrons. The number of ether oxygens (including phenoxy) is 1. The van der Waals surface area contributed by atoms with Crippen LogP contribution in [0.3, 0.4) is 0 Å². The highest BCUT2D eigenvalue weighted by molar-refractivity contribution is 6.09. The Bertz CT molecular complexity index is 1820. The lowest BCUT2D eigenvalue weighted by Gasteiger charge is -2.34. The van der Waals surface area contributed by atoms with Crippen molar-refractivity contribution >= 4 is 38.3 Å². The molecule has 0 aliphatic heterocycles. The predicted octanol–water partition coefficient (Wildman–Crippen LogP) is 8.17. The van der Waals surface area contributed by atoms with E-state index < -0.39 is 0 Å². The highest BCUT2D eigenvalue weighted by Crippen LogP contribution is 2.48. The maximum absolute atomic E-state index is 13.0. The van der Waals surface area contributed by atoms with Crippen molar-refractivity contribution in [3.63, 3.8) is 0 Å². The lowest BCUT2D eigenvalue weighted by Crippen LogP contribution is -2.22. The molecule has 4 nitrogen and oxygen atoms in total. The van der Waals surface area contributed by atoms with Gasteiger partial charge in [-0.25, -0.2) is 9.78 Å². The number of pyridine rings is 1. The van der Waals surface area contributed by atoms with Crippen LogP contribution in [0, 0.1) is 0 Å². The number of nitrogens with zero attached hydrogens (tertiary/aromatic N) is 1. The van der Waals surface area contributed by atoms with Crippen LogP contribution in [0.25, 0.3) is 32.3 Å². The molecule has 0 N–H and O–H groups in total. The van der Waals surface area contributed by atoms with Crippen LogP contribution in [0.1, 0.15) is 58.1 Å². The second kappa shape index (κ2) is 9.14. The molecular weight excluding hydrogens is 470 g/mol. The molecule has 2 atom stereocenters. The highest BCUT2D eigenvalue weighted by atomic mass is 16.5. The zero-order valence-corrected chi connectivity index (χ0v) is 21.2. The third kappa shape index (κ3) is 3.59. The van der Waals surface area contributed by atoms with Crippen molar-refractivity contribution in [3.05, 3.63) is 126 Å². The summed E-state index contributed by atoms with van der Waals surface area (Å²) in [7, 11) is 0. The van der Waals surface area contributed by atoms with Gasteiger partial charge in [0, 0.05) is 22.9 Å². The summed E-state index contributed by atoms with van der Waals surface area (Å²) in [6, 6.07) is 29.8. The Kier molecular flexibility index (Phi) is 5.47. The van der Waals surface area contributed by atoms with Crippen LogP contribution in [0.15, 0.2) is 102 Å². The van der Waals surface area contributed by atoms with E-state index in [1.165, 1.54) is 32.7 Å². The van der Waals surface area contributed by atoms with Crippen LogP contribution in [0.5, 0.6) is 0 Å². The van der Waals surface area contributed by atoms with E-state index in [-0.39, 0.29) is 17.8 Å². The molecule has 0 spiro atoms. The molecule has 0 bridgehead atoms. The number of carbonyl (C=O) groups is 1. The minimum absolute atomic E-state index is 0.0667. The van der Waals surface area contributed by atoms with Crippen LogP contribution in [-0.4, -0.2) is 17.6 Å². The fraction of sp³-hybridized carbons (Fsp3) is 0.176. The minimum Gasteiger partial charge on any atom is -0.472 e. The summed E-state index contributed by atoms with van der Waals surface area (Å²) in [6.07, 6.45) is 5.45. The Morgan fingerprint density at radius 1 is 0.895 bits per heavy atom. The van der Waals surface area contributed by atoms with Gasteiger partial charge in [-0.05, 0) is 75.5 Å². The summed E-state index contributed by atoms with van der Waals surface area (Å²) in [5, 5.41) is 6.97. The van der Waals surface area contributed by atoms with Gasteiger partial charge in [-0.2, -0.15) is 0 Å². The summed E-state index contributed by atoms with van der Waals surface area (Å²) >= 11 is 0. The summed E-state index contributed by atoms with van der Waals surface area (Å²) in [6.45, 7) is 2.14. The third-order valence-electron chi connectivity index (χ3n) is 8.03. The monoisotopic (exact) mass is 497 g/mol. The summed E-state index contributed by atoms with van der Waals surface area (Å²) < 4.78 is 11.0. The van der Waals surface area contributed by atoms with E-state index in [0.717, 1.165) is 34.9 Å². The Balaban J connectivity index is 1.43. The first-order chi connectivity index (χ1) is 18.7. The molecule has 0 fully saturated rings.